The van der Waals surface area contributed by atoms with Gasteiger partial charge in [-0.25, -0.2) is 12.8 Å². The number of fused-ring (bicyclic) bond motifs is 1. The molecule has 0 fully saturated rings. The molecule has 0 unspecified atom stereocenters. The van der Waals surface area contributed by atoms with Gasteiger partial charge in [0.25, 0.3) is 15.9 Å². The van der Waals surface area contributed by atoms with E-state index in [1.807, 2.05) is 0 Å². The molecule has 34 heavy (non-hydrogen) atoms. The van der Waals surface area contributed by atoms with E-state index in [-0.39, 0.29) is 16.3 Å². The van der Waals surface area contributed by atoms with Gasteiger partial charge in [-0.2, -0.15) is 13.2 Å². The Bertz CT molecular complexity index is 1510. The minimum Gasteiger partial charge on any atom is -0.321 e. The third-order valence-corrected chi connectivity index (χ3v) is 7.65. The van der Waals surface area contributed by atoms with Crippen molar-refractivity contribution >= 4 is 48.7 Å². The topological polar surface area (TPSA) is 75.3 Å². The summed E-state index contributed by atoms with van der Waals surface area (Å²) in [6, 6.07) is 14.0. The van der Waals surface area contributed by atoms with E-state index >= 15 is 0 Å². The second-order valence-corrected chi connectivity index (χ2v) is 10.0. The van der Waals surface area contributed by atoms with Crippen LogP contribution in [0.3, 0.4) is 0 Å². The zero-order valence-electron chi connectivity index (χ0n) is 17.4. The van der Waals surface area contributed by atoms with Crippen molar-refractivity contribution in [3.05, 3.63) is 88.6 Å². The molecule has 11 heteroatoms. The summed E-state index contributed by atoms with van der Waals surface area (Å²) in [4.78, 5) is 12.5. The minimum atomic E-state index is -4.50. The molecule has 0 radical (unpaired) electrons. The van der Waals surface area contributed by atoms with Crippen molar-refractivity contribution in [3.8, 4) is 0 Å². The molecule has 1 heterocycles. The van der Waals surface area contributed by atoms with Crippen molar-refractivity contribution < 1.29 is 30.8 Å². The molecule has 1 amide bonds. The maximum absolute atomic E-state index is 13.9. The van der Waals surface area contributed by atoms with Crippen LogP contribution in [0.4, 0.5) is 28.9 Å². The number of aryl methyl sites for hydroxylation is 1. The maximum atomic E-state index is 13.9. The Balaban J connectivity index is 1.58. The number of carbonyl (C=O) groups excluding carboxylic acids is 1. The van der Waals surface area contributed by atoms with E-state index in [9.17, 15) is 30.8 Å². The van der Waals surface area contributed by atoms with Crippen LogP contribution in [0.15, 0.2) is 71.6 Å². The number of nitrogens with one attached hydrogen (secondary N) is 2. The van der Waals surface area contributed by atoms with Crippen molar-refractivity contribution in [2.75, 3.05) is 10.0 Å². The summed E-state index contributed by atoms with van der Waals surface area (Å²) in [6.45, 7) is 1.56. The molecule has 0 atom stereocenters. The SMILES string of the molecule is Cc1c(C(=O)Nc2cccc(NS(=O)(=O)c3ccccc3F)c2)sc2ccc(C(F)(F)F)cc12. The normalized spacial score (nSPS) is 12.0. The minimum absolute atomic E-state index is 0.0870. The fourth-order valence-electron chi connectivity index (χ4n) is 3.33. The molecule has 1 aromatic heterocycles. The van der Waals surface area contributed by atoms with Crippen LogP contribution < -0.4 is 10.0 Å². The Hall–Kier alpha value is -3.44. The Morgan fingerprint density at radius 1 is 0.941 bits per heavy atom. The Morgan fingerprint density at radius 3 is 2.35 bits per heavy atom. The van der Waals surface area contributed by atoms with Gasteiger partial charge in [0.2, 0.25) is 0 Å². The van der Waals surface area contributed by atoms with Crippen molar-refractivity contribution in [3.63, 3.8) is 0 Å². The van der Waals surface area contributed by atoms with Gasteiger partial charge in [-0.1, -0.05) is 18.2 Å². The molecule has 4 rings (SSSR count). The van der Waals surface area contributed by atoms with Gasteiger partial charge in [-0.15, -0.1) is 11.3 Å². The van der Waals surface area contributed by atoms with E-state index in [4.69, 9.17) is 0 Å². The first-order valence-corrected chi connectivity index (χ1v) is 12.0. The summed E-state index contributed by atoms with van der Waals surface area (Å²) in [6.07, 6.45) is -4.50. The van der Waals surface area contributed by atoms with Gasteiger partial charge in [0.1, 0.15) is 10.7 Å². The third-order valence-electron chi connectivity index (χ3n) is 4.97. The highest BCUT2D eigenvalue weighted by Gasteiger charge is 2.31. The van der Waals surface area contributed by atoms with Crippen molar-refractivity contribution in [2.45, 2.75) is 18.0 Å². The third kappa shape index (κ3) is 4.75. The Morgan fingerprint density at radius 2 is 1.65 bits per heavy atom. The number of carbonyl (C=O) groups is 1. The van der Waals surface area contributed by atoms with Crippen LogP contribution in [0.5, 0.6) is 0 Å². The Kier molecular flexibility index (Phi) is 6.09. The van der Waals surface area contributed by atoms with Crippen molar-refractivity contribution in [2.24, 2.45) is 0 Å². The van der Waals surface area contributed by atoms with Gasteiger partial charge >= 0.3 is 6.18 Å². The van der Waals surface area contributed by atoms with E-state index in [0.29, 0.717) is 15.6 Å². The molecule has 0 aliphatic rings. The highest BCUT2D eigenvalue weighted by atomic mass is 32.2. The zero-order chi connectivity index (χ0) is 24.7. The predicted molar refractivity (Wildman–Crippen MR) is 123 cm³/mol. The molecule has 4 aromatic rings. The lowest BCUT2D eigenvalue weighted by molar-refractivity contribution is -0.137. The average molecular weight is 509 g/mol. The first-order chi connectivity index (χ1) is 16.0. The number of hydrogen-bond acceptors (Lipinski definition) is 4. The molecule has 0 saturated carbocycles. The highest BCUT2D eigenvalue weighted by Crippen LogP contribution is 2.37. The first-order valence-electron chi connectivity index (χ1n) is 9.75. The van der Waals surface area contributed by atoms with Crippen LogP contribution in [0, 0.1) is 12.7 Å². The number of benzene rings is 3. The second-order valence-electron chi connectivity index (χ2n) is 7.34. The number of alkyl halides is 3. The predicted octanol–water partition coefficient (Wildman–Crippen LogP) is 6.42. The van der Waals surface area contributed by atoms with Crippen LogP contribution >= 0.6 is 11.3 Å². The van der Waals surface area contributed by atoms with Crippen molar-refractivity contribution in [1.82, 2.24) is 0 Å². The molecule has 0 aliphatic heterocycles. The fraction of sp³-hybridized carbons (Fsp3) is 0.0870. The van der Waals surface area contributed by atoms with Crippen LogP contribution in [-0.4, -0.2) is 14.3 Å². The number of anilines is 2. The molecule has 5 nitrogen and oxygen atoms in total. The molecular formula is C23H16F4N2O3S2. The van der Waals surface area contributed by atoms with E-state index in [1.165, 1.54) is 42.5 Å². The number of amides is 1. The summed E-state index contributed by atoms with van der Waals surface area (Å²) in [5.41, 5.74) is -0.0711. The van der Waals surface area contributed by atoms with Crippen molar-refractivity contribution in [1.29, 1.82) is 0 Å². The summed E-state index contributed by atoms with van der Waals surface area (Å²) in [5.74, 6) is -1.46. The zero-order valence-corrected chi connectivity index (χ0v) is 19.0. The van der Waals surface area contributed by atoms with Gasteiger partial charge in [0.15, 0.2) is 0 Å². The van der Waals surface area contributed by atoms with Gasteiger partial charge in [0, 0.05) is 10.4 Å². The van der Waals surface area contributed by atoms with Crippen LogP contribution in [0.25, 0.3) is 10.1 Å². The summed E-state index contributed by atoms with van der Waals surface area (Å²) in [5, 5.41) is 2.95. The smallest absolute Gasteiger partial charge is 0.321 e. The van der Waals surface area contributed by atoms with Gasteiger partial charge < -0.3 is 5.32 Å². The number of sulfonamides is 1. The van der Waals surface area contributed by atoms with Crippen LogP contribution in [0.1, 0.15) is 20.8 Å². The molecule has 0 bridgehead atoms. The molecule has 2 N–H and O–H groups in total. The lowest BCUT2D eigenvalue weighted by Gasteiger charge is -2.11. The van der Waals surface area contributed by atoms with Gasteiger partial charge in [0.05, 0.1) is 16.1 Å². The molecular weight excluding hydrogens is 492 g/mol. The lowest BCUT2D eigenvalue weighted by Crippen LogP contribution is -2.15. The number of rotatable bonds is 5. The van der Waals surface area contributed by atoms with Crippen LogP contribution in [0.2, 0.25) is 0 Å². The molecule has 0 saturated heterocycles. The van der Waals surface area contributed by atoms with E-state index in [1.54, 1.807) is 6.92 Å². The number of thiophene rings is 1. The van der Waals surface area contributed by atoms with Gasteiger partial charge in [-0.05, 0) is 66.4 Å². The van der Waals surface area contributed by atoms with Crippen LogP contribution in [-0.2, 0) is 16.2 Å². The Labute approximate surface area is 196 Å². The average Bonchev–Trinajstić information content (AvgIpc) is 3.09. The summed E-state index contributed by atoms with van der Waals surface area (Å²) < 4.78 is 80.8. The molecule has 3 aromatic carbocycles. The molecule has 0 spiro atoms. The highest BCUT2D eigenvalue weighted by molar-refractivity contribution is 7.92. The lowest BCUT2D eigenvalue weighted by atomic mass is 10.1. The maximum Gasteiger partial charge on any atom is 0.416 e. The van der Waals surface area contributed by atoms with E-state index in [2.05, 4.69) is 10.0 Å². The number of hydrogen-bond donors (Lipinski definition) is 2. The fourth-order valence-corrected chi connectivity index (χ4v) is 5.55. The second kappa shape index (κ2) is 8.73. The monoisotopic (exact) mass is 508 g/mol. The first kappa shape index (κ1) is 23.7. The van der Waals surface area contributed by atoms with E-state index < -0.39 is 38.4 Å². The van der Waals surface area contributed by atoms with Gasteiger partial charge in [-0.3, -0.25) is 9.52 Å². The standard InChI is InChI=1S/C23H16F4N2O3S2/c1-13-17-11-14(23(25,26)27)9-10-19(17)33-21(13)22(30)28-15-5-4-6-16(12-15)29-34(31,32)20-8-3-2-7-18(20)24/h2-12,29H,1H3,(H,28,30). The molecule has 0 aliphatic carbocycles. The summed E-state index contributed by atoms with van der Waals surface area (Å²) >= 11 is 1.05. The number of halogens is 4. The quantitative estimate of drug-likeness (QED) is 0.306. The molecule has 176 valence electrons. The van der Waals surface area contributed by atoms with E-state index in [0.717, 1.165) is 35.6 Å². The summed E-state index contributed by atoms with van der Waals surface area (Å²) in [7, 11) is -4.21. The largest absolute Gasteiger partial charge is 0.416 e.